The first-order chi connectivity index (χ1) is 18.1. The maximum Gasteiger partial charge on any atom is 0.296 e. The van der Waals surface area contributed by atoms with Crippen molar-refractivity contribution < 1.29 is 31.0 Å². The predicted molar refractivity (Wildman–Crippen MR) is 149 cm³/mol. The maximum absolute atomic E-state index is 11.9. The van der Waals surface area contributed by atoms with E-state index >= 15 is 0 Å². The molecule has 204 valence electrons. The van der Waals surface area contributed by atoms with Gasteiger partial charge in [0.25, 0.3) is 20.2 Å². The Balaban J connectivity index is 1.78. The third-order valence-corrected chi connectivity index (χ3v) is 8.25. The van der Waals surface area contributed by atoms with Crippen molar-refractivity contribution in [3.63, 3.8) is 0 Å². The topological polar surface area (TPSA) is 180 Å². The summed E-state index contributed by atoms with van der Waals surface area (Å²) in [6, 6.07) is 14.9. The number of aryl methyl sites for hydroxylation is 2. The SMILES string of the molecule is Cc1cc(-c2ccc(C(C)C)c(C)c2)ccc1N=Nc1ccc2c(S(=O)(=O)O)cc(S(=O)(=O)O)c(N)c2c1O. The highest BCUT2D eigenvalue weighted by Gasteiger charge is 2.26. The molecule has 0 aliphatic carbocycles. The smallest absolute Gasteiger partial charge is 0.296 e. The largest absolute Gasteiger partial charge is 0.505 e. The fourth-order valence-corrected chi connectivity index (χ4v) is 5.96. The molecule has 5 N–H and O–H groups in total. The molecule has 0 atom stereocenters. The first kappa shape index (κ1) is 28.2. The van der Waals surface area contributed by atoms with Gasteiger partial charge in [-0.3, -0.25) is 9.11 Å². The average Bonchev–Trinajstić information content (AvgIpc) is 2.82. The molecule has 4 rings (SSSR count). The number of nitrogens with zero attached hydrogens (tertiary/aromatic N) is 2. The van der Waals surface area contributed by atoms with Crippen LogP contribution in [-0.2, 0) is 20.2 Å². The van der Waals surface area contributed by atoms with Crippen molar-refractivity contribution in [2.45, 2.75) is 43.4 Å². The third kappa shape index (κ3) is 5.50. The summed E-state index contributed by atoms with van der Waals surface area (Å²) in [4.78, 5) is -1.85. The number of phenolic OH excluding ortho intramolecular Hbond substituents is 1. The number of hydrogen-bond donors (Lipinski definition) is 4. The molecule has 0 saturated carbocycles. The minimum absolute atomic E-state index is 0.147. The molecule has 0 bridgehead atoms. The van der Waals surface area contributed by atoms with Crippen molar-refractivity contribution in [2.75, 3.05) is 5.73 Å². The number of fused-ring (bicyclic) bond motifs is 1. The summed E-state index contributed by atoms with van der Waals surface area (Å²) in [5, 5.41) is 18.4. The van der Waals surface area contributed by atoms with Crippen LogP contribution in [0.2, 0.25) is 0 Å². The van der Waals surface area contributed by atoms with Crippen molar-refractivity contribution in [3.8, 4) is 16.9 Å². The number of aromatic hydroxyl groups is 1. The summed E-state index contributed by atoms with van der Waals surface area (Å²) in [5.41, 5.74) is 10.9. The quantitative estimate of drug-likeness (QED) is 0.116. The van der Waals surface area contributed by atoms with E-state index < -0.39 is 46.9 Å². The molecule has 0 aliphatic rings. The highest BCUT2D eigenvalue weighted by atomic mass is 32.2. The third-order valence-electron chi connectivity index (χ3n) is 6.46. The Kier molecular flexibility index (Phi) is 7.25. The summed E-state index contributed by atoms with van der Waals surface area (Å²) in [5.74, 6) is -0.260. The Hall–Kier alpha value is -3.84. The molecule has 0 saturated heterocycles. The summed E-state index contributed by atoms with van der Waals surface area (Å²) in [6.07, 6.45) is 0. The molecule has 4 aromatic carbocycles. The van der Waals surface area contributed by atoms with Gasteiger partial charge >= 0.3 is 0 Å². The Morgan fingerprint density at radius 1 is 0.744 bits per heavy atom. The van der Waals surface area contributed by atoms with Crippen LogP contribution in [0.3, 0.4) is 0 Å². The van der Waals surface area contributed by atoms with E-state index in [1.165, 1.54) is 23.3 Å². The van der Waals surface area contributed by atoms with E-state index in [9.17, 15) is 31.0 Å². The van der Waals surface area contributed by atoms with Crippen LogP contribution in [0.5, 0.6) is 5.75 Å². The van der Waals surface area contributed by atoms with Gasteiger partial charge in [-0.05, 0) is 71.8 Å². The van der Waals surface area contributed by atoms with Gasteiger partial charge in [-0.25, -0.2) is 0 Å². The number of anilines is 1. The lowest BCUT2D eigenvalue weighted by molar-refractivity contribution is 0.481. The summed E-state index contributed by atoms with van der Waals surface area (Å²) < 4.78 is 66.5. The zero-order chi connectivity index (χ0) is 28.9. The first-order valence-corrected chi connectivity index (χ1v) is 14.6. The molecule has 0 unspecified atom stereocenters. The van der Waals surface area contributed by atoms with Crippen LogP contribution < -0.4 is 5.73 Å². The second-order valence-electron chi connectivity index (χ2n) is 9.52. The van der Waals surface area contributed by atoms with E-state index in [1.54, 1.807) is 6.07 Å². The zero-order valence-electron chi connectivity index (χ0n) is 21.5. The van der Waals surface area contributed by atoms with E-state index in [0.717, 1.165) is 16.7 Å². The van der Waals surface area contributed by atoms with E-state index in [4.69, 9.17) is 5.73 Å². The molecule has 10 nitrogen and oxygen atoms in total. The van der Waals surface area contributed by atoms with Gasteiger partial charge in [0.15, 0.2) is 5.75 Å². The van der Waals surface area contributed by atoms with E-state index in [-0.39, 0.29) is 11.1 Å². The molecule has 0 radical (unpaired) electrons. The molecule has 0 spiro atoms. The number of azo groups is 1. The fraction of sp³-hybridized carbons (Fsp3) is 0.185. The van der Waals surface area contributed by atoms with E-state index in [0.29, 0.717) is 17.7 Å². The number of hydrogen-bond acceptors (Lipinski definition) is 8. The van der Waals surface area contributed by atoms with Crippen molar-refractivity contribution >= 4 is 48.1 Å². The van der Waals surface area contributed by atoms with Gasteiger partial charge in [-0.15, -0.1) is 5.11 Å². The van der Waals surface area contributed by atoms with Gasteiger partial charge in [0.05, 0.1) is 16.8 Å². The number of nitrogens with two attached hydrogens (primary N) is 1. The van der Waals surface area contributed by atoms with Crippen LogP contribution in [-0.4, -0.2) is 31.0 Å². The molecule has 0 heterocycles. The second-order valence-corrected chi connectivity index (χ2v) is 12.3. The molecule has 4 aromatic rings. The van der Waals surface area contributed by atoms with Crippen LogP contribution in [0.25, 0.3) is 21.9 Å². The molecule has 12 heteroatoms. The summed E-state index contributed by atoms with van der Waals surface area (Å²) >= 11 is 0. The lowest BCUT2D eigenvalue weighted by Gasteiger charge is -2.13. The highest BCUT2D eigenvalue weighted by molar-refractivity contribution is 7.87. The minimum atomic E-state index is -5.00. The summed E-state index contributed by atoms with van der Waals surface area (Å²) in [6.45, 7) is 8.22. The first-order valence-electron chi connectivity index (χ1n) is 11.8. The fourth-order valence-electron chi connectivity index (χ4n) is 4.52. The van der Waals surface area contributed by atoms with Crippen molar-refractivity contribution in [3.05, 3.63) is 71.3 Å². The molecule has 39 heavy (non-hydrogen) atoms. The molecular weight excluding hydrogens is 542 g/mol. The molecule has 0 amide bonds. The average molecular weight is 570 g/mol. The number of rotatable bonds is 6. The van der Waals surface area contributed by atoms with Gasteiger partial charge in [-0.1, -0.05) is 44.2 Å². The van der Waals surface area contributed by atoms with Crippen LogP contribution in [0.1, 0.15) is 36.5 Å². The lowest BCUT2D eigenvalue weighted by atomic mass is 9.93. The van der Waals surface area contributed by atoms with Gasteiger partial charge < -0.3 is 10.8 Å². The molecular formula is C27H27N3O7S2. The Morgan fingerprint density at radius 3 is 1.82 bits per heavy atom. The number of nitrogen functional groups attached to an aromatic ring is 1. The minimum Gasteiger partial charge on any atom is -0.505 e. The highest BCUT2D eigenvalue weighted by Crippen LogP contribution is 2.43. The van der Waals surface area contributed by atoms with E-state index in [1.807, 2.05) is 19.1 Å². The van der Waals surface area contributed by atoms with Crippen LogP contribution in [0.15, 0.2) is 74.6 Å². The monoisotopic (exact) mass is 569 g/mol. The second kappa shape index (κ2) is 10.0. The van der Waals surface area contributed by atoms with Crippen LogP contribution in [0.4, 0.5) is 17.1 Å². The lowest BCUT2D eigenvalue weighted by Crippen LogP contribution is -2.08. The van der Waals surface area contributed by atoms with Crippen molar-refractivity contribution in [1.29, 1.82) is 0 Å². The van der Waals surface area contributed by atoms with Gasteiger partial charge in [-0.2, -0.15) is 21.9 Å². The summed E-state index contributed by atoms with van der Waals surface area (Å²) in [7, 11) is -9.95. The van der Waals surface area contributed by atoms with Crippen molar-refractivity contribution in [2.24, 2.45) is 10.2 Å². The zero-order valence-corrected chi connectivity index (χ0v) is 23.2. The van der Waals surface area contributed by atoms with Crippen LogP contribution in [0, 0.1) is 13.8 Å². The van der Waals surface area contributed by atoms with Crippen LogP contribution >= 0.6 is 0 Å². The van der Waals surface area contributed by atoms with Gasteiger partial charge in [0.2, 0.25) is 0 Å². The molecule has 0 aromatic heterocycles. The maximum atomic E-state index is 11.9. The molecule has 0 aliphatic heterocycles. The predicted octanol–water partition coefficient (Wildman–Crippen LogP) is 6.44. The van der Waals surface area contributed by atoms with Crippen molar-refractivity contribution in [1.82, 2.24) is 0 Å². The molecule has 0 fully saturated rings. The standard InChI is InChI=1S/C27H27N3O7S2/c1-14(2)19-7-5-17(11-15(19)3)18-6-9-21(16(4)12-18)29-30-22-10-8-20-23(38(32,33)34)13-24(39(35,36)37)26(28)25(20)27(22)31/h5-14,31H,28H2,1-4H3,(H,32,33,34)(H,35,36,37). The number of phenols is 1. The normalized spacial score (nSPS) is 12.6. The van der Waals surface area contributed by atoms with Gasteiger partial charge in [0, 0.05) is 5.39 Å². The Morgan fingerprint density at radius 2 is 1.28 bits per heavy atom. The Bertz CT molecular complexity index is 1880. The number of benzene rings is 4. The van der Waals surface area contributed by atoms with Gasteiger partial charge in [0.1, 0.15) is 15.5 Å². The van der Waals surface area contributed by atoms with E-state index in [2.05, 4.69) is 49.2 Å². The Labute approximate surface area is 226 Å².